The van der Waals surface area contributed by atoms with Crippen molar-refractivity contribution in [3.8, 4) is 11.5 Å². The average molecular weight is 185 g/mol. The molecule has 0 saturated carbocycles. The number of rotatable bonds is 1. The van der Waals surface area contributed by atoms with E-state index in [4.69, 9.17) is 21.1 Å². The molecule has 1 aliphatic rings. The van der Waals surface area contributed by atoms with E-state index in [9.17, 15) is 0 Å². The van der Waals surface area contributed by atoms with Crippen LogP contribution in [-0.4, -0.2) is 6.79 Å². The van der Waals surface area contributed by atoms with Crippen LogP contribution in [0.15, 0.2) is 18.2 Å². The van der Waals surface area contributed by atoms with Gasteiger partial charge in [-0.25, -0.2) is 0 Å². The van der Waals surface area contributed by atoms with Crippen LogP contribution < -0.4 is 9.47 Å². The van der Waals surface area contributed by atoms with Gasteiger partial charge in [0.25, 0.3) is 0 Å². The van der Waals surface area contributed by atoms with Gasteiger partial charge in [0.15, 0.2) is 11.5 Å². The molecule has 0 N–H and O–H groups in total. The third-order valence-electron chi connectivity index (χ3n) is 1.86. The smallest absolute Gasteiger partial charge is 0.231 e. The Bertz CT molecular complexity index is 297. The Hall–Kier alpha value is -0.890. The standard InChI is InChI=1S/C9H9ClO2/c1-6(10)7-2-3-8-9(4-7)12-5-11-8/h2-4,6H,5H2,1H3/t6-/m0/s1. The minimum absolute atomic E-state index is 0.0134. The normalized spacial score (nSPS) is 16.2. The summed E-state index contributed by atoms with van der Waals surface area (Å²) in [5.74, 6) is 1.59. The van der Waals surface area contributed by atoms with Gasteiger partial charge in [0.1, 0.15) is 0 Å². The highest BCUT2D eigenvalue weighted by atomic mass is 35.5. The van der Waals surface area contributed by atoms with E-state index in [0.29, 0.717) is 6.79 Å². The van der Waals surface area contributed by atoms with Crippen LogP contribution in [0.1, 0.15) is 17.9 Å². The van der Waals surface area contributed by atoms with Gasteiger partial charge in [-0.1, -0.05) is 6.07 Å². The highest BCUT2D eigenvalue weighted by molar-refractivity contribution is 6.20. The Morgan fingerprint density at radius 2 is 2.08 bits per heavy atom. The first-order valence-corrected chi connectivity index (χ1v) is 4.24. The van der Waals surface area contributed by atoms with E-state index in [1.54, 1.807) is 0 Å². The molecule has 2 rings (SSSR count). The fourth-order valence-electron chi connectivity index (χ4n) is 1.16. The summed E-state index contributed by atoms with van der Waals surface area (Å²) < 4.78 is 10.4. The fourth-order valence-corrected chi connectivity index (χ4v) is 1.30. The Kier molecular flexibility index (Phi) is 1.85. The second kappa shape index (κ2) is 2.87. The first-order chi connectivity index (χ1) is 5.77. The lowest BCUT2D eigenvalue weighted by Gasteiger charge is -2.03. The predicted octanol–water partition coefficient (Wildman–Crippen LogP) is 2.72. The number of ether oxygens (including phenoxy) is 2. The molecule has 0 fully saturated rings. The Balaban J connectivity index is 2.39. The van der Waals surface area contributed by atoms with E-state index in [2.05, 4.69) is 0 Å². The molecule has 0 aromatic heterocycles. The molecule has 1 atom stereocenters. The summed E-state index contributed by atoms with van der Waals surface area (Å²) in [4.78, 5) is 0. The fraction of sp³-hybridized carbons (Fsp3) is 0.333. The third-order valence-corrected chi connectivity index (χ3v) is 2.11. The van der Waals surface area contributed by atoms with E-state index < -0.39 is 0 Å². The van der Waals surface area contributed by atoms with Crippen molar-refractivity contribution in [2.24, 2.45) is 0 Å². The second-order valence-electron chi connectivity index (χ2n) is 2.73. The van der Waals surface area contributed by atoms with E-state index >= 15 is 0 Å². The molecule has 0 aliphatic carbocycles. The summed E-state index contributed by atoms with van der Waals surface area (Å²) in [6, 6.07) is 5.75. The lowest BCUT2D eigenvalue weighted by Crippen LogP contribution is -1.92. The molecule has 0 unspecified atom stereocenters. The molecule has 1 aromatic carbocycles. The molecule has 1 aliphatic heterocycles. The molecule has 0 bridgehead atoms. The first-order valence-electron chi connectivity index (χ1n) is 3.81. The number of fused-ring (bicyclic) bond motifs is 1. The van der Waals surface area contributed by atoms with Gasteiger partial charge in [0.2, 0.25) is 6.79 Å². The molecule has 0 saturated heterocycles. The lowest BCUT2D eigenvalue weighted by atomic mass is 10.1. The largest absolute Gasteiger partial charge is 0.454 e. The van der Waals surface area contributed by atoms with Crippen LogP contribution >= 0.6 is 11.6 Å². The van der Waals surface area contributed by atoms with Gasteiger partial charge < -0.3 is 9.47 Å². The van der Waals surface area contributed by atoms with Crippen LogP contribution in [0.2, 0.25) is 0 Å². The van der Waals surface area contributed by atoms with Crippen molar-refractivity contribution in [2.45, 2.75) is 12.3 Å². The van der Waals surface area contributed by atoms with Crippen LogP contribution in [0.4, 0.5) is 0 Å². The molecule has 1 heterocycles. The zero-order valence-electron chi connectivity index (χ0n) is 6.71. The van der Waals surface area contributed by atoms with Crippen LogP contribution in [0.5, 0.6) is 11.5 Å². The number of halogens is 1. The van der Waals surface area contributed by atoms with Gasteiger partial charge in [-0.05, 0) is 24.6 Å². The van der Waals surface area contributed by atoms with Gasteiger partial charge in [0, 0.05) is 0 Å². The van der Waals surface area contributed by atoms with Gasteiger partial charge in [0.05, 0.1) is 5.38 Å². The Morgan fingerprint density at radius 3 is 2.83 bits per heavy atom. The van der Waals surface area contributed by atoms with Crippen LogP contribution in [-0.2, 0) is 0 Å². The molecule has 1 aromatic rings. The molecular formula is C9H9ClO2. The topological polar surface area (TPSA) is 18.5 Å². The molecule has 0 amide bonds. The van der Waals surface area contributed by atoms with Crippen molar-refractivity contribution in [2.75, 3.05) is 6.79 Å². The lowest BCUT2D eigenvalue weighted by molar-refractivity contribution is 0.174. The molecular weight excluding hydrogens is 176 g/mol. The summed E-state index contributed by atoms with van der Waals surface area (Å²) in [6.07, 6.45) is 0. The first kappa shape index (κ1) is 7.74. The second-order valence-corrected chi connectivity index (χ2v) is 3.38. The highest BCUT2D eigenvalue weighted by Crippen LogP contribution is 2.35. The minimum Gasteiger partial charge on any atom is -0.454 e. The van der Waals surface area contributed by atoms with Crippen LogP contribution in [0, 0.1) is 0 Å². The highest BCUT2D eigenvalue weighted by Gasteiger charge is 2.14. The number of hydrogen-bond acceptors (Lipinski definition) is 2. The zero-order chi connectivity index (χ0) is 8.55. The maximum absolute atomic E-state index is 5.91. The van der Waals surface area contributed by atoms with Crippen molar-refractivity contribution in [3.05, 3.63) is 23.8 Å². The van der Waals surface area contributed by atoms with Gasteiger partial charge >= 0.3 is 0 Å². The van der Waals surface area contributed by atoms with E-state index in [1.165, 1.54) is 0 Å². The Labute approximate surface area is 76.1 Å². The van der Waals surface area contributed by atoms with Gasteiger partial charge in [-0.2, -0.15) is 0 Å². The molecule has 0 spiro atoms. The molecule has 0 radical (unpaired) electrons. The van der Waals surface area contributed by atoms with E-state index in [0.717, 1.165) is 17.1 Å². The van der Waals surface area contributed by atoms with Crippen molar-refractivity contribution in [1.29, 1.82) is 0 Å². The van der Waals surface area contributed by atoms with Gasteiger partial charge in [-0.3, -0.25) is 0 Å². The predicted molar refractivity (Wildman–Crippen MR) is 46.8 cm³/mol. The van der Waals surface area contributed by atoms with E-state index in [1.807, 2.05) is 25.1 Å². The minimum atomic E-state index is 0.0134. The van der Waals surface area contributed by atoms with Crippen molar-refractivity contribution in [1.82, 2.24) is 0 Å². The van der Waals surface area contributed by atoms with Crippen molar-refractivity contribution < 1.29 is 9.47 Å². The zero-order valence-corrected chi connectivity index (χ0v) is 7.47. The number of alkyl halides is 1. The summed E-state index contributed by atoms with van der Waals surface area (Å²) >= 11 is 5.91. The SMILES string of the molecule is C[C@H](Cl)c1ccc2c(c1)OCO2. The molecule has 3 heteroatoms. The monoisotopic (exact) mass is 184 g/mol. The summed E-state index contributed by atoms with van der Waals surface area (Å²) in [5, 5.41) is 0.0134. The van der Waals surface area contributed by atoms with Crippen molar-refractivity contribution in [3.63, 3.8) is 0 Å². The quantitative estimate of drug-likeness (QED) is 0.625. The van der Waals surface area contributed by atoms with E-state index in [-0.39, 0.29) is 5.38 Å². The average Bonchev–Trinajstić information content (AvgIpc) is 2.49. The summed E-state index contributed by atoms with van der Waals surface area (Å²) in [5.41, 5.74) is 1.06. The molecule has 12 heavy (non-hydrogen) atoms. The molecule has 2 nitrogen and oxygen atoms in total. The van der Waals surface area contributed by atoms with Crippen LogP contribution in [0.3, 0.4) is 0 Å². The van der Waals surface area contributed by atoms with Crippen LogP contribution in [0.25, 0.3) is 0 Å². The summed E-state index contributed by atoms with van der Waals surface area (Å²) in [6.45, 7) is 2.24. The summed E-state index contributed by atoms with van der Waals surface area (Å²) in [7, 11) is 0. The maximum atomic E-state index is 5.91. The maximum Gasteiger partial charge on any atom is 0.231 e. The van der Waals surface area contributed by atoms with Gasteiger partial charge in [-0.15, -0.1) is 11.6 Å². The Morgan fingerprint density at radius 1 is 1.33 bits per heavy atom. The molecule has 64 valence electrons. The number of benzene rings is 1. The van der Waals surface area contributed by atoms with Crippen molar-refractivity contribution >= 4 is 11.6 Å². The third kappa shape index (κ3) is 1.23. The number of hydrogen-bond donors (Lipinski definition) is 0.